The number of aryl methyl sites for hydroxylation is 2. The van der Waals surface area contributed by atoms with Crippen LogP contribution in [-0.4, -0.2) is 22.9 Å². The summed E-state index contributed by atoms with van der Waals surface area (Å²) in [5.41, 5.74) is 2.79. The summed E-state index contributed by atoms with van der Waals surface area (Å²) >= 11 is 1.25. The predicted octanol–water partition coefficient (Wildman–Crippen LogP) is 3.97. The smallest absolute Gasteiger partial charge is 0.324 e. The molecule has 2 aromatic rings. The maximum absolute atomic E-state index is 12.1. The number of hydrogen-bond donors (Lipinski definition) is 1. The maximum Gasteiger partial charge on any atom is 0.324 e. The number of rotatable bonds is 6. The molecular formula is C19H21NO3S. The number of carbonyl (C=O) groups is 2. The first-order valence-electron chi connectivity index (χ1n) is 7.71. The van der Waals surface area contributed by atoms with E-state index in [1.807, 2.05) is 56.3 Å². The fourth-order valence-electron chi connectivity index (χ4n) is 1.96. The van der Waals surface area contributed by atoms with Crippen molar-refractivity contribution in [3.05, 3.63) is 59.7 Å². The Balaban J connectivity index is 1.80. The average Bonchev–Trinajstić information content (AvgIpc) is 2.56. The van der Waals surface area contributed by atoms with E-state index in [1.165, 1.54) is 11.8 Å². The summed E-state index contributed by atoms with van der Waals surface area (Å²) in [4.78, 5) is 24.1. The number of carbonyl (C=O) groups excluding carboxylic acids is 2. The Labute approximate surface area is 146 Å². The zero-order chi connectivity index (χ0) is 17.5. The number of amides is 1. The molecule has 0 bridgehead atoms. The Morgan fingerprint density at radius 3 is 2.42 bits per heavy atom. The van der Waals surface area contributed by atoms with Crippen LogP contribution in [0.3, 0.4) is 0 Å². The fourth-order valence-corrected chi connectivity index (χ4v) is 2.62. The minimum absolute atomic E-state index is 0.139. The van der Waals surface area contributed by atoms with E-state index in [2.05, 4.69) is 5.32 Å². The number of benzene rings is 2. The van der Waals surface area contributed by atoms with Gasteiger partial charge in [-0.05, 0) is 44.5 Å². The van der Waals surface area contributed by atoms with Crippen LogP contribution in [0, 0.1) is 13.8 Å². The van der Waals surface area contributed by atoms with Crippen LogP contribution in [-0.2, 0) is 9.59 Å². The van der Waals surface area contributed by atoms with Crippen molar-refractivity contribution in [1.29, 1.82) is 0 Å². The van der Waals surface area contributed by atoms with Gasteiger partial charge in [-0.15, -0.1) is 11.8 Å². The van der Waals surface area contributed by atoms with Crippen LogP contribution in [0.1, 0.15) is 18.1 Å². The van der Waals surface area contributed by atoms with Crippen molar-refractivity contribution in [2.75, 3.05) is 11.1 Å². The number of thioether (sulfide) groups is 1. The molecule has 2 aromatic carbocycles. The summed E-state index contributed by atoms with van der Waals surface area (Å²) < 4.78 is 5.38. The van der Waals surface area contributed by atoms with Crippen LogP contribution >= 0.6 is 11.8 Å². The van der Waals surface area contributed by atoms with Gasteiger partial charge in [0.15, 0.2) is 0 Å². The number of para-hydroxylation sites is 1. The molecule has 1 atom stereocenters. The van der Waals surface area contributed by atoms with E-state index in [1.54, 1.807) is 13.0 Å². The van der Waals surface area contributed by atoms with Gasteiger partial charge in [0.25, 0.3) is 0 Å². The second kappa shape index (κ2) is 8.55. The van der Waals surface area contributed by atoms with Crippen molar-refractivity contribution in [1.82, 2.24) is 0 Å². The third-order valence-electron chi connectivity index (χ3n) is 3.44. The lowest BCUT2D eigenvalue weighted by atomic mass is 10.2. The SMILES string of the molecule is Cc1ccc(NC(=O)CSC(C)C(=O)Oc2ccccc2C)cc1. The predicted molar refractivity (Wildman–Crippen MR) is 98.5 cm³/mol. The van der Waals surface area contributed by atoms with Crippen molar-refractivity contribution in [3.8, 4) is 5.75 Å². The number of ether oxygens (including phenoxy) is 1. The Hall–Kier alpha value is -2.27. The largest absolute Gasteiger partial charge is 0.425 e. The van der Waals surface area contributed by atoms with Crippen LogP contribution in [0.5, 0.6) is 5.75 Å². The second-order valence-corrected chi connectivity index (χ2v) is 6.88. The van der Waals surface area contributed by atoms with Crippen molar-refractivity contribution in [2.24, 2.45) is 0 Å². The van der Waals surface area contributed by atoms with Gasteiger partial charge in [0.05, 0.1) is 5.75 Å². The highest BCUT2D eigenvalue weighted by Gasteiger charge is 2.18. The van der Waals surface area contributed by atoms with Crippen LogP contribution in [0.25, 0.3) is 0 Å². The summed E-state index contributed by atoms with van der Waals surface area (Å²) in [7, 11) is 0. The number of esters is 1. The average molecular weight is 343 g/mol. The van der Waals surface area contributed by atoms with E-state index in [9.17, 15) is 9.59 Å². The second-order valence-electron chi connectivity index (χ2n) is 5.55. The Morgan fingerprint density at radius 1 is 1.08 bits per heavy atom. The minimum Gasteiger partial charge on any atom is -0.425 e. The highest BCUT2D eigenvalue weighted by atomic mass is 32.2. The zero-order valence-electron chi connectivity index (χ0n) is 14.0. The molecule has 0 spiro atoms. The standard InChI is InChI=1S/C19H21NO3S/c1-13-8-10-16(11-9-13)20-18(21)12-24-15(3)19(22)23-17-7-5-4-6-14(17)2/h4-11,15H,12H2,1-3H3,(H,20,21). The van der Waals surface area contributed by atoms with Gasteiger partial charge in [0, 0.05) is 5.69 Å². The van der Waals surface area contributed by atoms with Crippen molar-refractivity contribution >= 4 is 29.3 Å². The monoisotopic (exact) mass is 343 g/mol. The highest BCUT2D eigenvalue weighted by molar-refractivity contribution is 8.01. The molecule has 1 unspecified atom stereocenters. The Bertz CT molecular complexity index is 713. The molecule has 4 nitrogen and oxygen atoms in total. The van der Waals surface area contributed by atoms with Crippen LogP contribution in [0.4, 0.5) is 5.69 Å². The van der Waals surface area contributed by atoms with Crippen molar-refractivity contribution in [3.63, 3.8) is 0 Å². The van der Waals surface area contributed by atoms with Crippen LogP contribution in [0.15, 0.2) is 48.5 Å². The van der Waals surface area contributed by atoms with Crippen molar-refractivity contribution in [2.45, 2.75) is 26.0 Å². The minimum atomic E-state index is -0.423. The molecule has 0 saturated heterocycles. The lowest BCUT2D eigenvalue weighted by Gasteiger charge is -2.12. The lowest BCUT2D eigenvalue weighted by Crippen LogP contribution is -2.23. The zero-order valence-corrected chi connectivity index (χ0v) is 14.9. The van der Waals surface area contributed by atoms with E-state index in [4.69, 9.17) is 4.74 Å². The van der Waals surface area contributed by atoms with Crippen LogP contribution < -0.4 is 10.1 Å². The summed E-state index contributed by atoms with van der Waals surface area (Å²) in [5.74, 6) is 0.258. The molecule has 0 aliphatic heterocycles. The van der Waals surface area contributed by atoms with Gasteiger partial charge in [-0.1, -0.05) is 35.9 Å². The number of anilines is 1. The molecule has 0 radical (unpaired) electrons. The molecule has 0 aromatic heterocycles. The quantitative estimate of drug-likeness (QED) is 0.637. The highest BCUT2D eigenvalue weighted by Crippen LogP contribution is 2.20. The summed E-state index contributed by atoms with van der Waals surface area (Å²) in [6.07, 6.45) is 0. The summed E-state index contributed by atoms with van der Waals surface area (Å²) in [5, 5.41) is 2.39. The number of hydrogen-bond acceptors (Lipinski definition) is 4. The first kappa shape index (κ1) is 18.1. The molecule has 2 rings (SSSR count). The first-order valence-corrected chi connectivity index (χ1v) is 8.76. The maximum atomic E-state index is 12.1. The molecule has 126 valence electrons. The van der Waals surface area contributed by atoms with E-state index in [0.717, 1.165) is 16.8 Å². The molecular weight excluding hydrogens is 322 g/mol. The van der Waals surface area contributed by atoms with Gasteiger partial charge in [-0.25, -0.2) is 0 Å². The van der Waals surface area contributed by atoms with Gasteiger partial charge in [0.2, 0.25) is 5.91 Å². The third kappa shape index (κ3) is 5.42. The van der Waals surface area contributed by atoms with Gasteiger partial charge < -0.3 is 10.1 Å². The van der Waals surface area contributed by atoms with Crippen LogP contribution in [0.2, 0.25) is 0 Å². The van der Waals surface area contributed by atoms with Gasteiger partial charge in [-0.2, -0.15) is 0 Å². The van der Waals surface area contributed by atoms with E-state index >= 15 is 0 Å². The van der Waals surface area contributed by atoms with E-state index < -0.39 is 5.25 Å². The molecule has 5 heteroatoms. The third-order valence-corrected chi connectivity index (χ3v) is 4.56. The van der Waals surface area contributed by atoms with Gasteiger partial charge in [-0.3, -0.25) is 9.59 Å². The van der Waals surface area contributed by atoms with Gasteiger partial charge in [0.1, 0.15) is 11.0 Å². The molecule has 0 aliphatic rings. The Kier molecular flexibility index (Phi) is 6.44. The topological polar surface area (TPSA) is 55.4 Å². The Morgan fingerprint density at radius 2 is 1.75 bits per heavy atom. The van der Waals surface area contributed by atoms with Gasteiger partial charge >= 0.3 is 5.97 Å². The molecule has 0 saturated carbocycles. The normalized spacial score (nSPS) is 11.6. The van der Waals surface area contributed by atoms with Crippen molar-refractivity contribution < 1.29 is 14.3 Å². The van der Waals surface area contributed by atoms with E-state index in [0.29, 0.717) is 5.75 Å². The number of nitrogens with one attached hydrogen (secondary N) is 1. The first-order chi connectivity index (χ1) is 11.5. The summed E-state index contributed by atoms with van der Waals surface area (Å²) in [6.45, 7) is 5.61. The summed E-state index contributed by atoms with van der Waals surface area (Å²) in [6, 6.07) is 14.9. The molecule has 1 N–H and O–H groups in total. The molecule has 1 amide bonds. The molecule has 0 fully saturated rings. The molecule has 24 heavy (non-hydrogen) atoms. The lowest BCUT2D eigenvalue weighted by molar-refractivity contribution is -0.133. The van der Waals surface area contributed by atoms with E-state index in [-0.39, 0.29) is 17.6 Å². The molecule has 0 heterocycles. The fraction of sp³-hybridized carbons (Fsp3) is 0.263. The molecule has 0 aliphatic carbocycles.